The molecule has 4 heterocycles. The van der Waals surface area contributed by atoms with Crippen molar-refractivity contribution in [3.63, 3.8) is 0 Å². The van der Waals surface area contributed by atoms with Crippen LogP contribution >= 0.6 is 0 Å². The number of aliphatic hydroxyl groups is 1. The van der Waals surface area contributed by atoms with Gasteiger partial charge in [-0.3, -0.25) is 19.6 Å². The van der Waals surface area contributed by atoms with E-state index in [2.05, 4.69) is 9.97 Å². The van der Waals surface area contributed by atoms with Crippen molar-refractivity contribution >= 4 is 11.5 Å². The number of ketones is 1. The summed E-state index contributed by atoms with van der Waals surface area (Å²) in [5.41, 5.74) is 3.78. The summed E-state index contributed by atoms with van der Waals surface area (Å²) < 4.78 is 7.00. The number of hydrogen-bond acceptors (Lipinski definition) is 7. The summed E-state index contributed by atoms with van der Waals surface area (Å²) in [7, 11) is 1.73. The van der Waals surface area contributed by atoms with Gasteiger partial charge in [-0.05, 0) is 44.5 Å². The Kier molecular flexibility index (Phi) is 6.63. The lowest BCUT2D eigenvalue weighted by Gasteiger charge is -2.28. The van der Waals surface area contributed by atoms with Crippen LogP contribution in [0, 0.1) is 6.92 Å². The molecule has 0 saturated carbocycles. The van der Waals surface area contributed by atoms with Crippen LogP contribution in [0.5, 0.6) is 0 Å². The lowest BCUT2D eigenvalue weighted by Crippen LogP contribution is -2.40. The van der Waals surface area contributed by atoms with E-state index >= 15 is 0 Å². The van der Waals surface area contributed by atoms with Crippen LogP contribution in [-0.4, -0.2) is 51.7 Å². The molecule has 1 aliphatic heterocycles. The number of anilines is 1. The normalized spacial score (nSPS) is 14.3. The summed E-state index contributed by atoms with van der Waals surface area (Å²) in [6.07, 6.45) is 6.75. The number of aromatic nitrogens is 3. The predicted molar refractivity (Wildman–Crippen MR) is 130 cm³/mol. The number of morpholine rings is 1. The van der Waals surface area contributed by atoms with E-state index in [1.807, 2.05) is 24.0 Å². The fraction of sp³-hybridized carbons (Fsp3) is 0.385. The van der Waals surface area contributed by atoms with Crippen molar-refractivity contribution in [1.82, 2.24) is 14.5 Å². The Labute approximate surface area is 198 Å². The van der Waals surface area contributed by atoms with Gasteiger partial charge in [-0.15, -0.1) is 0 Å². The van der Waals surface area contributed by atoms with Crippen LogP contribution in [0.15, 0.2) is 47.8 Å². The Balaban J connectivity index is 1.66. The zero-order valence-electron chi connectivity index (χ0n) is 20.0. The standard InChI is InChI=1S/C26H30N4O4/c1-17-22(20-12-23(25(32)29(4)16-20)30-5-7-34-8-6-30)11-19(14-28-17)24(31)10-18-9-21(15-27-13-18)26(2,3)33/h9,11-16,33H,5-8,10H2,1-4H3. The third-order valence-electron chi connectivity index (χ3n) is 6.10. The molecule has 0 aromatic carbocycles. The van der Waals surface area contributed by atoms with Crippen molar-refractivity contribution in [3.05, 3.63) is 75.7 Å². The third kappa shape index (κ3) is 5.08. The van der Waals surface area contributed by atoms with E-state index in [1.54, 1.807) is 56.3 Å². The van der Waals surface area contributed by atoms with E-state index in [0.717, 1.165) is 22.4 Å². The van der Waals surface area contributed by atoms with Crippen molar-refractivity contribution in [2.75, 3.05) is 31.2 Å². The molecule has 1 N–H and O–H groups in total. The van der Waals surface area contributed by atoms with Gasteiger partial charge in [-0.1, -0.05) is 0 Å². The van der Waals surface area contributed by atoms with Crippen LogP contribution in [0.1, 0.15) is 41.0 Å². The number of hydrogen-bond donors (Lipinski definition) is 1. The second-order valence-electron chi connectivity index (χ2n) is 9.23. The number of pyridine rings is 3. The molecule has 0 bridgehead atoms. The van der Waals surface area contributed by atoms with E-state index in [-0.39, 0.29) is 17.8 Å². The summed E-state index contributed by atoms with van der Waals surface area (Å²) >= 11 is 0. The summed E-state index contributed by atoms with van der Waals surface area (Å²) in [6.45, 7) is 7.75. The maximum atomic E-state index is 13.1. The lowest BCUT2D eigenvalue weighted by atomic mass is 9.96. The minimum absolute atomic E-state index is 0.0670. The molecule has 1 fully saturated rings. The van der Waals surface area contributed by atoms with Crippen LogP contribution < -0.4 is 10.5 Å². The highest BCUT2D eigenvalue weighted by Gasteiger charge is 2.20. The molecule has 34 heavy (non-hydrogen) atoms. The van der Waals surface area contributed by atoms with E-state index in [0.29, 0.717) is 43.1 Å². The first kappa shape index (κ1) is 23.8. The summed E-state index contributed by atoms with van der Waals surface area (Å²) in [5.74, 6) is -0.0957. The fourth-order valence-electron chi connectivity index (χ4n) is 4.06. The number of rotatable bonds is 6. The minimum Gasteiger partial charge on any atom is -0.386 e. The largest absolute Gasteiger partial charge is 0.386 e. The fourth-order valence-corrected chi connectivity index (χ4v) is 4.06. The van der Waals surface area contributed by atoms with Crippen LogP contribution in [0.4, 0.5) is 5.69 Å². The Morgan fingerprint density at radius 2 is 1.88 bits per heavy atom. The Morgan fingerprint density at radius 1 is 1.15 bits per heavy atom. The molecule has 4 rings (SSSR count). The first-order valence-electron chi connectivity index (χ1n) is 11.3. The molecule has 0 spiro atoms. The SMILES string of the molecule is Cc1ncc(C(=O)Cc2cncc(C(C)(C)O)c2)cc1-c1cc(N2CCOCC2)c(=O)n(C)c1. The van der Waals surface area contributed by atoms with Gasteiger partial charge >= 0.3 is 0 Å². The van der Waals surface area contributed by atoms with Gasteiger partial charge in [-0.2, -0.15) is 0 Å². The minimum atomic E-state index is -1.04. The summed E-state index contributed by atoms with van der Waals surface area (Å²) in [6, 6.07) is 5.51. The first-order valence-corrected chi connectivity index (χ1v) is 11.3. The van der Waals surface area contributed by atoms with E-state index in [4.69, 9.17) is 4.74 Å². The molecule has 0 atom stereocenters. The molecule has 0 amide bonds. The number of ether oxygens (including phenoxy) is 1. The second-order valence-corrected chi connectivity index (χ2v) is 9.23. The molecule has 1 saturated heterocycles. The molecule has 8 heteroatoms. The number of nitrogens with zero attached hydrogens (tertiary/aromatic N) is 4. The Bertz CT molecular complexity index is 1270. The number of carbonyl (C=O) groups is 1. The zero-order valence-corrected chi connectivity index (χ0v) is 20.0. The zero-order chi connectivity index (χ0) is 24.5. The van der Waals surface area contributed by atoms with Gasteiger partial charge in [0.05, 0.1) is 18.8 Å². The lowest BCUT2D eigenvalue weighted by molar-refractivity contribution is 0.0780. The smallest absolute Gasteiger partial charge is 0.273 e. The van der Waals surface area contributed by atoms with Crippen molar-refractivity contribution < 1.29 is 14.6 Å². The van der Waals surface area contributed by atoms with Crippen molar-refractivity contribution in [3.8, 4) is 11.1 Å². The molecule has 3 aromatic rings. The monoisotopic (exact) mass is 462 g/mol. The van der Waals surface area contributed by atoms with Gasteiger partial charge in [0.1, 0.15) is 5.69 Å². The third-order valence-corrected chi connectivity index (χ3v) is 6.10. The maximum absolute atomic E-state index is 13.1. The highest BCUT2D eigenvalue weighted by Crippen LogP contribution is 2.26. The molecular weight excluding hydrogens is 432 g/mol. The molecule has 1 aliphatic rings. The van der Waals surface area contributed by atoms with Crippen LogP contribution in [-0.2, 0) is 23.8 Å². The molecule has 178 valence electrons. The van der Waals surface area contributed by atoms with Gasteiger partial charge < -0.3 is 19.3 Å². The summed E-state index contributed by atoms with van der Waals surface area (Å²) in [4.78, 5) is 36.6. The van der Waals surface area contributed by atoms with Crippen LogP contribution in [0.25, 0.3) is 11.1 Å². The second kappa shape index (κ2) is 9.48. The molecule has 0 radical (unpaired) electrons. The topological polar surface area (TPSA) is 97.6 Å². The first-order chi connectivity index (χ1) is 16.1. The Hall–Kier alpha value is -3.36. The molecule has 8 nitrogen and oxygen atoms in total. The molecule has 0 aliphatic carbocycles. The van der Waals surface area contributed by atoms with E-state index in [9.17, 15) is 14.7 Å². The molecule has 0 unspecified atom stereocenters. The van der Waals surface area contributed by atoms with Crippen molar-refractivity contribution in [2.45, 2.75) is 32.8 Å². The number of Topliss-reactive ketones (excluding diaryl/α,β-unsaturated/α-hetero) is 1. The van der Waals surface area contributed by atoms with Gasteiger partial charge in [-0.25, -0.2) is 0 Å². The number of carbonyl (C=O) groups excluding carboxylic acids is 1. The van der Waals surface area contributed by atoms with Gasteiger partial charge in [0.25, 0.3) is 5.56 Å². The van der Waals surface area contributed by atoms with Crippen molar-refractivity contribution in [1.29, 1.82) is 0 Å². The van der Waals surface area contributed by atoms with Gasteiger partial charge in [0.2, 0.25) is 0 Å². The highest BCUT2D eigenvalue weighted by molar-refractivity contribution is 5.98. The Morgan fingerprint density at radius 3 is 2.59 bits per heavy atom. The molecular formula is C26H30N4O4. The summed E-state index contributed by atoms with van der Waals surface area (Å²) in [5, 5.41) is 10.2. The van der Waals surface area contributed by atoms with Crippen molar-refractivity contribution in [2.24, 2.45) is 7.05 Å². The number of aryl methyl sites for hydroxylation is 2. The average molecular weight is 463 g/mol. The van der Waals surface area contributed by atoms with Crippen LogP contribution in [0.2, 0.25) is 0 Å². The highest BCUT2D eigenvalue weighted by atomic mass is 16.5. The molecule has 3 aromatic heterocycles. The predicted octanol–water partition coefficient (Wildman–Crippen LogP) is 2.64. The van der Waals surface area contributed by atoms with Crippen LogP contribution in [0.3, 0.4) is 0 Å². The average Bonchev–Trinajstić information content (AvgIpc) is 2.81. The van der Waals surface area contributed by atoms with Gasteiger partial charge in [0, 0.05) is 79.3 Å². The van der Waals surface area contributed by atoms with Gasteiger partial charge in [0.15, 0.2) is 5.78 Å². The quantitative estimate of drug-likeness (QED) is 0.563. The van der Waals surface area contributed by atoms with E-state index < -0.39 is 5.60 Å². The van der Waals surface area contributed by atoms with E-state index in [1.165, 1.54) is 0 Å². The maximum Gasteiger partial charge on any atom is 0.273 e.